The number of hydrogen-bond acceptors (Lipinski definition) is 3. The number of urea groups is 1. The molecular weight excluding hydrogens is 260 g/mol. The van der Waals surface area contributed by atoms with Crippen molar-refractivity contribution in [3.63, 3.8) is 0 Å². The molecule has 1 rings (SSSR count). The Morgan fingerprint density at radius 2 is 2.12 bits per heavy atom. The van der Waals surface area contributed by atoms with Gasteiger partial charge < -0.3 is 10.4 Å². The van der Waals surface area contributed by atoms with E-state index < -0.39 is 6.03 Å². The Balaban J connectivity index is 3.00. The van der Waals surface area contributed by atoms with Crippen molar-refractivity contribution < 1.29 is 9.90 Å². The predicted molar refractivity (Wildman–Crippen MR) is 73.0 cm³/mol. The zero-order valence-electron chi connectivity index (χ0n) is 9.86. The Morgan fingerprint density at radius 3 is 2.65 bits per heavy atom. The third kappa shape index (κ3) is 3.44. The van der Waals surface area contributed by atoms with Crippen LogP contribution in [0.5, 0.6) is 5.75 Å². The van der Waals surface area contributed by atoms with Crippen LogP contribution in [-0.2, 0) is 0 Å². The maximum absolute atomic E-state index is 11.7. The number of thiol groups is 1. The van der Waals surface area contributed by atoms with E-state index in [1.807, 2.05) is 13.8 Å². The fraction of sp³-hybridized carbons (Fsp3) is 0.364. The molecule has 6 heteroatoms. The average molecular weight is 275 g/mol. The fourth-order valence-corrected chi connectivity index (χ4v) is 1.62. The number of nitrogens with zero attached hydrogens (tertiary/aromatic N) is 1. The minimum atomic E-state index is -0.418. The first kappa shape index (κ1) is 14.0. The number of carbonyl (C=O) groups is 1. The maximum atomic E-state index is 11.7. The average Bonchev–Trinajstić information content (AvgIpc) is 2.21. The SMILES string of the molecule is Cc1cc(O)c(N(S)C(=O)NC(C)C)cc1Cl. The maximum Gasteiger partial charge on any atom is 0.332 e. The van der Waals surface area contributed by atoms with Crippen LogP contribution < -0.4 is 9.62 Å². The Labute approximate surface area is 111 Å². The third-order valence-electron chi connectivity index (χ3n) is 2.09. The van der Waals surface area contributed by atoms with E-state index in [2.05, 4.69) is 18.1 Å². The van der Waals surface area contributed by atoms with Crippen molar-refractivity contribution >= 4 is 36.1 Å². The summed E-state index contributed by atoms with van der Waals surface area (Å²) in [6.45, 7) is 5.44. The van der Waals surface area contributed by atoms with E-state index in [0.717, 1.165) is 9.87 Å². The van der Waals surface area contributed by atoms with E-state index in [1.54, 1.807) is 6.92 Å². The van der Waals surface area contributed by atoms with Crippen LogP contribution in [0.2, 0.25) is 5.02 Å². The molecule has 0 aliphatic rings. The zero-order valence-corrected chi connectivity index (χ0v) is 11.5. The molecule has 17 heavy (non-hydrogen) atoms. The van der Waals surface area contributed by atoms with Crippen LogP contribution in [-0.4, -0.2) is 17.2 Å². The molecule has 2 N–H and O–H groups in total. The van der Waals surface area contributed by atoms with Crippen molar-refractivity contribution in [1.82, 2.24) is 5.32 Å². The summed E-state index contributed by atoms with van der Waals surface area (Å²) in [6.07, 6.45) is 0. The van der Waals surface area contributed by atoms with Gasteiger partial charge >= 0.3 is 6.03 Å². The number of benzene rings is 1. The van der Waals surface area contributed by atoms with Gasteiger partial charge in [-0.1, -0.05) is 24.4 Å². The van der Waals surface area contributed by atoms with Crippen LogP contribution in [0, 0.1) is 6.92 Å². The molecule has 0 unspecified atom stereocenters. The number of phenolic OH excluding ortho intramolecular Hbond substituents is 1. The van der Waals surface area contributed by atoms with Gasteiger partial charge in [0, 0.05) is 11.1 Å². The highest BCUT2D eigenvalue weighted by Crippen LogP contribution is 2.33. The van der Waals surface area contributed by atoms with E-state index in [1.165, 1.54) is 12.1 Å². The molecule has 0 saturated carbocycles. The second-order valence-corrected chi connectivity index (χ2v) is 4.81. The Kier molecular flexibility index (Phi) is 4.54. The van der Waals surface area contributed by atoms with Crippen LogP contribution >= 0.6 is 24.4 Å². The topological polar surface area (TPSA) is 52.6 Å². The summed E-state index contributed by atoms with van der Waals surface area (Å²) in [5.74, 6) is -0.0409. The second kappa shape index (κ2) is 5.51. The highest BCUT2D eigenvalue weighted by molar-refractivity contribution is 7.82. The molecular formula is C11H15ClN2O2S. The lowest BCUT2D eigenvalue weighted by Crippen LogP contribution is -2.38. The second-order valence-electron chi connectivity index (χ2n) is 4.01. The number of phenols is 1. The molecule has 0 aliphatic carbocycles. The van der Waals surface area contributed by atoms with E-state index in [9.17, 15) is 9.90 Å². The van der Waals surface area contributed by atoms with Crippen LogP contribution in [0.1, 0.15) is 19.4 Å². The summed E-state index contributed by atoms with van der Waals surface area (Å²) in [4.78, 5) is 11.7. The fourth-order valence-electron chi connectivity index (χ4n) is 1.24. The third-order valence-corrected chi connectivity index (χ3v) is 2.89. The molecule has 1 aromatic rings. The van der Waals surface area contributed by atoms with E-state index in [0.29, 0.717) is 5.02 Å². The van der Waals surface area contributed by atoms with E-state index >= 15 is 0 Å². The van der Waals surface area contributed by atoms with Crippen molar-refractivity contribution in [1.29, 1.82) is 0 Å². The van der Waals surface area contributed by atoms with Gasteiger partial charge in [-0.25, -0.2) is 9.10 Å². The molecule has 0 spiro atoms. The summed E-state index contributed by atoms with van der Waals surface area (Å²) < 4.78 is 1.03. The van der Waals surface area contributed by atoms with Gasteiger partial charge in [-0.15, -0.1) is 0 Å². The minimum Gasteiger partial charge on any atom is -0.506 e. The lowest BCUT2D eigenvalue weighted by molar-refractivity contribution is 0.247. The van der Waals surface area contributed by atoms with Gasteiger partial charge in [0.2, 0.25) is 0 Å². The highest BCUT2D eigenvalue weighted by Gasteiger charge is 2.17. The predicted octanol–water partition coefficient (Wildman–Crippen LogP) is 3.12. The number of halogens is 1. The lowest BCUT2D eigenvalue weighted by Gasteiger charge is -2.19. The molecule has 2 amide bonds. The summed E-state index contributed by atoms with van der Waals surface area (Å²) in [5, 5.41) is 12.9. The minimum absolute atomic E-state index is 0.0137. The number of carbonyl (C=O) groups excluding carboxylic acids is 1. The Bertz CT molecular complexity index is 438. The number of aryl methyl sites for hydroxylation is 1. The summed E-state index contributed by atoms with van der Waals surface area (Å²) in [7, 11) is 0. The molecule has 0 radical (unpaired) electrons. The number of amides is 2. The summed E-state index contributed by atoms with van der Waals surface area (Å²) in [5.41, 5.74) is 0.987. The molecule has 0 aromatic heterocycles. The van der Waals surface area contributed by atoms with Gasteiger partial charge in [0.25, 0.3) is 0 Å². The molecule has 0 atom stereocenters. The van der Waals surface area contributed by atoms with Crippen LogP contribution in [0.25, 0.3) is 0 Å². The Morgan fingerprint density at radius 1 is 1.53 bits per heavy atom. The Hall–Kier alpha value is -1.07. The van der Waals surface area contributed by atoms with Gasteiger partial charge in [0.15, 0.2) is 0 Å². The zero-order chi connectivity index (χ0) is 13.2. The van der Waals surface area contributed by atoms with Crippen LogP contribution in [0.4, 0.5) is 10.5 Å². The van der Waals surface area contributed by atoms with Crippen LogP contribution in [0.15, 0.2) is 12.1 Å². The van der Waals surface area contributed by atoms with Gasteiger partial charge in [-0.3, -0.25) is 0 Å². The quantitative estimate of drug-likeness (QED) is 0.726. The monoisotopic (exact) mass is 274 g/mol. The van der Waals surface area contributed by atoms with Crippen molar-refractivity contribution in [2.24, 2.45) is 0 Å². The van der Waals surface area contributed by atoms with Gasteiger partial charge in [-0.2, -0.15) is 0 Å². The first-order valence-electron chi connectivity index (χ1n) is 5.11. The summed E-state index contributed by atoms with van der Waals surface area (Å²) >= 11 is 9.98. The molecule has 1 aromatic carbocycles. The number of hydrogen-bond donors (Lipinski definition) is 3. The van der Waals surface area contributed by atoms with Crippen molar-refractivity contribution in [3.8, 4) is 5.75 Å². The van der Waals surface area contributed by atoms with Crippen molar-refractivity contribution in [2.45, 2.75) is 26.8 Å². The molecule has 0 saturated heterocycles. The largest absolute Gasteiger partial charge is 0.506 e. The molecule has 94 valence electrons. The number of anilines is 1. The number of rotatable bonds is 2. The normalized spacial score (nSPS) is 10.5. The van der Waals surface area contributed by atoms with Gasteiger partial charge in [-0.05, 0) is 38.5 Å². The molecule has 0 fully saturated rings. The summed E-state index contributed by atoms with van der Waals surface area (Å²) in [6, 6.07) is 2.56. The smallest absolute Gasteiger partial charge is 0.332 e. The first-order chi connectivity index (χ1) is 7.82. The molecule has 0 bridgehead atoms. The van der Waals surface area contributed by atoms with E-state index in [4.69, 9.17) is 11.6 Å². The van der Waals surface area contributed by atoms with Gasteiger partial charge in [0.05, 0.1) is 0 Å². The standard InChI is InChI=1S/C11H15ClN2O2S/c1-6(2)13-11(16)14(17)9-5-8(12)7(3)4-10(9)15/h4-6,15,17H,1-3H3,(H,13,16). The molecule has 0 aliphatic heterocycles. The van der Waals surface area contributed by atoms with Crippen LogP contribution in [0.3, 0.4) is 0 Å². The van der Waals surface area contributed by atoms with Crippen molar-refractivity contribution in [2.75, 3.05) is 4.31 Å². The highest BCUT2D eigenvalue weighted by atomic mass is 35.5. The molecule has 0 heterocycles. The lowest BCUT2D eigenvalue weighted by atomic mass is 10.2. The van der Waals surface area contributed by atoms with E-state index in [-0.39, 0.29) is 17.5 Å². The first-order valence-corrected chi connectivity index (χ1v) is 5.89. The number of nitrogens with one attached hydrogen (secondary N) is 1. The van der Waals surface area contributed by atoms with Gasteiger partial charge in [0.1, 0.15) is 11.4 Å². The van der Waals surface area contributed by atoms with Crippen molar-refractivity contribution in [3.05, 3.63) is 22.7 Å². The number of aromatic hydroxyl groups is 1. The molecule has 4 nitrogen and oxygen atoms in total.